The fourth-order valence-corrected chi connectivity index (χ4v) is 1.19. The fraction of sp³-hybridized carbons (Fsp3) is 0.111. The second-order valence-corrected chi connectivity index (χ2v) is 3.11. The summed E-state index contributed by atoms with van der Waals surface area (Å²) in [6, 6.07) is 6.61. The Morgan fingerprint density at radius 2 is 2.14 bits per heavy atom. The molecular formula is C9H8ClNO3. The van der Waals surface area contributed by atoms with Crippen LogP contribution in [0.15, 0.2) is 24.3 Å². The zero-order valence-corrected chi connectivity index (χ0v) is 7.91. The zero-order valence-electron chi connectivity index (χ0n) is 7.16. The van der Waals surface area contributed by atoms with Gasteiger partial charge in [-0.2, -0.15) is 0 Å². The van der Waals surface area contributed by atoms with Crippen molar-refractivity contribution in [3.63, 3.8) is 0 Å². The number of amides is 1. The van der Waals surface area contributed by atoms with Crippen LogP contribution in [-0.4, -0.2) is 16.9 Å². The maximum absolute atomic E-state index is 11.0. The predicted molar refractivity (Wildman–Crippen MR) is 50.1 cm³/mol. The molecule has 0 atom stereocenters. The van der Waals surface area contributed by atoms with Gasteiger partial charge >= 0.3 is 5.91 Å². The average molecular weight is 214 g/mol. The van der Waals surface area contributed by atoms with E-state index in [2.05, 4.69) is 0 Å². The Morgan fingerprint density at radius 1 is 1.43 bits per heavy atom. The van der Waals surface area contributed by atoms with Gasteiger partial charge in [0.2, 0.25) is 5.78 Å². The van der Waals surface area contributed by atoms with Crippen molar-refractivity contribution < 1.29 is 14.8 Å². The van der Waals surface area contributed by atoms with Crippen molar-refractivity contribution in [2.45, 2.75) is 6.42 Å². The minimum Gasteiger partial charge on any atom is -0.288 e. The maximum Gasteiger partial charge on any atom is 0.311 e. The quantitative estimate of drug-likeness (QED) is 0.447. The molecule has 14 heavy (non-hydrogen) atoms. The molecule has 4 nitrogen and oxygen atoms in total. The van der Waals surface area contributed by atoms with E-state index in [0.29, 0.717) is 10.6 Å². The highest BCUT2D eigenvalue weighted by molar-refractivity contribution is 6.36. The van der Waals surface area contributed by atoms with Gasteiger partial charge in [-0.05, 0) is 17.7 Å². The van der Waals surface area contributed by atoms with Crippen LogP contribution in [0.3, 0.4) is 0 Å². The number of rotatable bonds is 3. The standard InChI is InChI=1S/C9H8ClNO3/c10-7-3-1-2-6(4-7)5-8(12)9(13)11-14/h1-4,14H,5H2,(H,11,13). The van der Waals surface area contributed by atoms with Crippen LogP contribution in [0.5, 0.6) is 0 Å². The highest BCUT2D eigenvalue weighted by Gasteiger charge is 2.12. The van der Waals surface area contributed by atoms with E-state index in [4.69, 9.17) is 16.8 Å². The van der Waals surface area contributed by atoms with Crippen LogP contribution in [0, 0.1) is 0 Å². The summed E-state index contributed by atoms with van der Waals surface area (Å²) in [7, 11) is 0. The first-order valence-electron chi connectivity index (χ1n) is 3.85. The van der Waals surface area contributed by atoms with E-state index in [9.17, 15) is 9.59 Å². The second kappa shape index (κ2) is 4.74. The van der Waals surface area contributed by atoms with Gasteiger partial charge in [0.15, 0.2) is 0 Å². The summed E-state index contributed by atoms with van der Waals surface area (Å²) >= 11 is 5.68. The van der Waals surface area contributed by atoms with E-state index in [-0.39, 0.29) is 6.42 Å². The third-order valence-electron chi connectivity index (χ3n) is 1.61. The molecular weight excluding hydrogens is 206 g/mol. The van der Waals surface area contributed by atoms with Crippen molar-refractivity contribution in [2.24, 2.45) is 0 Å². The first kappa shape index (κ1) is 10.7. The lowest BCUT2D eigenvalue weighted by Gasteiger charge is -1.99. The molecule has 0 fully saturated rings. The molecule has 0 aliphatic carbocycles. The number of Topliss-reactive ketones (excluding diaryl/α,β-unsaturated/α-hetero) is 1. The monoisotopic (exact) mass is 213 g/mol. The van der Waals surface area contributed by atoms with Crippen LogP contribution in [0.25, 0.3) is 0 Å². The highest BCUT2D eigenvalue weighted by atomic mass is 35.5. The number of ketones is 1. The highest BCUT2D eigenvalue weighted by Crippen LogP contribution is 2.11. The van der Waals surface area contributed by atoms with Crippen LogP contribution in [0.2, 0.25) is 5.02 Å². The van der Waals surface area contributed by atoms with Gasteiger partial charge in [-0.1, -0.05) is 23.7 Å². The normalized spacial score (nSPS) is 9.57. The molecule has 1 aromatic carbocycles. The third-order valence-corrected chi connectivity index (χ3v) is 1.84. The van der Waals surface area contributed by atoms with Crippen molar-refractivity contribution in [1.29, 1.82) is 0 Å². The number of nitrogens with one attached hydrogen (secondary N) is 1. The molecule has 2 N–H and O–H groups in total. The number of hydrogen-bond donors (Lipinski definition) is 2. The van der Waals surface area contributed by atoms with Gasteiger partial charge in [-0.15, -0.1) is 0 Å². The fourth-order valence-electron chi connectivity index (χ4n) is 0.975. The van der Waals surface area contributed by atoms with Crippen LogP contribution in [-0.2, 0) is 16.0 Å². The number of carbonyl (C=O) groups is 2. The molecule has 0 heterocycles. The SMILES string of the molecule is O=C(Cc1cccc(Cl)c1)C(=O)NO. The van der Waals surface area contributed by atoms with Crippen molar-refractivity contribution in [3.8, 4) is 0 Å². The molecule has 74 valence electrons. The second-order valence-electron chi connectivity index (χ2n) is 2.67. The van der Waals surface area contributed by atoms with Gasteiger partial charge in [0, 0.05) is 11.4 Å². The zero-order chi connectivity index (χ0) is 10.6. The lowest BCUT2D eigenvalue weighted by Crippen LogP contribution is -2.29. The molecule has 0 saturated heterocycles. The number of carbonyl (C=O) groups excluding carboxylic acids is 2. The Kier molecular flexibility index (Phi) is 3.62. The molecule has 0 unspecified atom stereocenters. The van der Waals surface area contributed by atoms with E-state index in [1.165, 1.54) is 5.48 Å². The topological polar surface area (TPSA) is 66.4 Å². The number of benzene rings is 1. The minimum atomic E-state index is -1.02. The van der Waals surface area contributed by atoms with Crippen molar-refractivity contribution in [3.05, 3.63) is 34.9 Å². The molecule has 0 aromatic heterocycles. The van der Waals surface area contributed by atoms with Crippen LogP contribution in [0.1, 0.15) is 5.56 Å². The molecule has 1 amide bonds. The molecule has 1 aromatic rings. The third kappa shape index (κ3) is 2.83. The van der Waals surface area contributed by atoms with Gasteiger partial charge in [0.25, 0.3) is 0 Å². The minimum absolute atomic E-state index is 0.0764. The number of hydroxylamine groups is 1. The molecule has 0 radical (unpaired) electrons. The Bertz CT molecular complexity index is 365. The van der Waals surface area contributed by atoms with Gasteiger partial charge in [0.05, 0.1) is 0 Å². The summed E-state index contributed by atoms with van der Waals surface area (Å²) < 4.78 is 0. The van der Waals surface area contributed by atoms with Crippen LogP contribution in [0.4, 0.5) is 0 Å². The average Bonchev–Trinajstić information content (AvgIpc) is 2.16. The van der Waals surface area contributed by atoms with E-state index < -0.39 is 11.7 Å². The first-order valence-corrected chi connectivity index (χ1v) is 4.23. The van der Waals surface area contributed by atoms with Gasteiger partial charge in [-0.25, -0.2) is 5.48 Å². The number of hydrogen-bond acceptors (Lipinski definition) is 3. The maximum atomic E-state index is 11.0. The molecule has 0 bridgehead atoms. The summed E-state index contributed by atoms with van der Waals surface area (Å²) in [6.07, 6.45) is -0.0764. The van der Waals surface area contributed by atoms with Crippen molar-refractivity contribution in [1.82, 2.24) is 5.48 Å². The largest absolute Gasteiger partial charge is 0.311 e. The summed E-state index contributed by atoms with van der Waals surface area (Å²) in [5, 5.41) is 8.69. The predicted octanol–water partition coefficient (Wildman–Crippen LogP) is 0.957. The smallest absolute Gasteiger partial charge is 0.288 e. The number of halogens is 1. The Hall–Kier alpha value is -1.39. The van der Waals surface area contributed by atoms with Crippen molar-refractivity contribution >= 4 is 23.3 Å². The first-order chi connectivity index (χ1) is 6.63. The lowest BCUT2D eigenvalue weighted by atomic mass is 10.1. The van der Waals surface area contributed by atoms with Gasteiger partial charge < -0.3 is 0 Å². The molecule has 5 heteroatoms. The Morgan fingerprint density at radius 3 is 2.71 bits per heavy atom. The van der Waals surface area contributed by atoms with E-state index in [1.54, 1.807) is 24.3 Å². The molecule has 0 aliphatic rings. The van der Waals surface area contributed by atoms with Gasteiger partial charge in [0.1, 0.15) is 0 Å². The Labute approximate surface area is 85.5 Å². The molecule has 0 aliphatic heterocycles. The summed E-state index contributed by atoms with van der Waals surface area (Å²) in [5.41, 5.74) is 1.91. The van der Waals surface area contributed by atoms with E-state index >= 15 is 0 Å². The van der Waals surface area contributed by atoms with Crippen molar-refractivity contribution in [2.75, 3.05) is 0 Å². The van der Waals surface area contributed by atoms with E-state index in [0.717, 1.165) is 0 Å². The summed E-state index contributed by atoms with van der Waals surface area (Å²) in [6.45, 7) is 0. The lowest BCUT2D eigenvalue weighted by molar-refractivity contribution is -0.142. The summed E-state index contributed by atoms with van der Waals surface area (Å²) in [4.78, 5) is 21.7. The van der Waals surface area contributed by atoms with Crippen LogP contribution < -0.4 is 5.48 Å². The van der Waals surface area contributed by atoms with Gasteiger partial charge in [-0.3, -0.25) is 14.8 Å². The van der Waals surface area contributed by atoms with Crippen LogP contribution >= 0.6 is 11.6 Å². The van der Waals surface area contributed by atoms with E-state index in [1.807, 2.05) is 0 Å². The molecule has 0 spiro atoms. The summed E-state index contributed by atoms with van der Waals surface area (Å²) in [5.74, 6) is -1.74. The molecule has 1 rings (SSSR count). The Balaban J connectivity index is 2.70. The molecule has 0 saturated carbocycles.